The van der Waals surface area contributed by atoms with Crippen molar-refractivity contribution < 1.29 is 13.2 Å². The largest absolute Gasteiger partial charge is 0.309 e. The highest BCUT2D eigenvalue weighted by Gasteiger charge is 2.21. The van der Waals surface area contributed by atoms with Gasteiger partial charge in [-0.1, -0.05) is 6.07 Å². The number of benzene rings is 1. The zero-order chi connectivity index (χ0) is 13.1. The molecule has 5 heteroatoms. The molecule has 0 bridgehead atoms. The standard InChI is InChI=1S/C13H11F3N2/c1-17-13(8-3-2-4-18-7-8)12-10(15)5-9(14)6-11(12)16/h2-7,13,17H,1H3. The number of pyridine rings is 1. The fourth-order valence-corrected chi connectivity index (χ4v) is 1.85. The maximum Gasteiger partial charge on any atom is 0.134 e. The quantitative estimate of drug-likeness (QED) is 0.908. The lowest BCUT2D eigenvalue weighted by molar-refractivity contribution is 0.500. The van der Waals surface area contributed by atoms with E-state index in [0.29, 0.717) is 17.7 Å². The van der Waals surface area contributed by atoms with Crippen molar-refractivity contribution in [2.24, 2.45) is 0 Å². The van der Waals surface area contributed by atoms with Crippen LogP contribution in [0.3, 0.4) is 0 Å². The van der Waals surface area contributed by atoms with E-state index < -0.39 is 23.5 Å². The summed E-state index contributed by atoms with van der Waals surface area (Å²) in [6.45, 7) is 0. The molecule has 18 heavy (non-hydrogen) atoms. The molecule has 0 fully saturated rings. The molecule has 1 N–H and O–H groups in total. The van der Waals surface area contributed by atoms with Gasteiger partial charge >= 0.3 is 0 Å². The third kappa shape index (κ3) is 2.36. The summed E-state index contributed by atoms with van der Waals surface area (Å²) >= 11 is 0. The van der Waals surface area contributed by atoms with E-state index in [4.69, 9.17) is 0 Å². The van der Waals surface area contributed by atoms with Gasteiger partial charge in [0.05, 0.1) is 6.04 Å². The van der Waals surface area contributed by atoms with Crippen LogP contribution in [-0.2, 0) is 0 Å². The Kier molecular flexibility index (Phi) is 3.62. The van der Waals surface area contributed by atoms with Gasteiger partial charge < -0.3 is 5.32 Å². The molecule has 0 saturated heterocycles. The summed E-state index contributed by atoms with van der Waals surface area (Å²) in [7, 11) is 1.57. The molecule has 2 rings (SSSR count). The molecule has 1 aromatic heterocycles. The molecule has 0 aliphatic rings. The molecule has 1 atom stereocenters. The van der Waals surface area contributed by atoms with Gasteiger partial charge in [-0.25, -0.2) is 13.2 Å². The smallest absolute Gasteiger partial charge is 0.134 e. The highest BCUT2D eigenvalue weighted by atomic mass is 19.1. The lowest BCUT2D eigenvalue weighted by Gasteiger charge is -2.18. The molecule has 0 aliphatic heterocycles. The van der Waals surface area contributed by atoms with Crippen LogP contribution in [-0.4, -0.2) is 12.0 Å². The van der Waals surface area contributed by atoms with Crippen LogP contribution in [0, 0.1) is 17.5 Å². The van der Waals surface area contributed by atoms with Crippen LogP contribution in [0.1, 0.15) is 17.2 Å². The molecule has 2 nitrogen and oxygen atoms in total. The second kappa shape index (κ2) is 5.18. The van der Waals surface area contributed by atoms with Crippen LogP contribution >= 0.6 is 0 Å². The molecule has 1 unspecified atom stereocenters. The monoisotopic (exact) mass is 252 g/mol. The first-order valence-corrected chi connectivity index (χ1v) is 5.35. The highest BCUT2D eigenvalue weighted by Crippen LogP contribution is 2.26. The summed E-state index contributed by atoms with van der Waals surface area (Å²) in [4.78, 5) is 3.90. The topological polar surface area (TPSA) is 24.9 Å². The Labute approximate surface area is 102 Å². The number of nitrogens with zero attached hydrogens (tertiary/aromatic N) is 1. The van der Waals surface area contributed by atoms with Crippen LogP contribution in [0.4, 0.5) is 13.2 Å². The average molecular weight is 252 g/mol. The van der Waals surface area contributed by atoms with Gasteiger partial charge in [0.1, 0.15) is 17.5 Å². The Morgan fingerprint density at radius 1 is 1.17 bits per heavy atom. The minimum atomic E-state index is -0.935. The Hall–Kier alpha value is -1.88. The van der Waals surface area contributed by atoms with Crippen LogP contribution in [0.15, 0.2) is 36.7 Å². The van der Waals surface area contributed by atoms with Crippen molar-refractivity contribution in [2.45, 2.75) is 6.04 Å². The number of aromatic nitrogens is 1. The fraction of sp³-hybridized carbons (Fsp3) is 0.154. The van der Waals surface area contributed by atoms with Crippen LogP contribution < -0.4 is 5.32 Å². The van der Waals surface area contributed by atoms with Crippen molar-refractivity contribution >= 4 is 0 Å². The number of hydrogen-bond acceptors (Lipinski definition) is 2. The molecule has 94 valence electrons. The number of halogens is 3. The van der Waals surface area contributed by atoms with E-state index in [-0.39, 0.29) is 5.56 Å². The summed E-state index contributed by atoms with van der Waals surface area (Å²) < 4.78 is 40.3. The van der Waals surface area contributed by atoms with Gasteiger partial charge in [-0.05, 0) is 18.7 Å². The van der Waals surface area contributed by atoms with Crippen molar-refractivity contribution in [1.29, 1.82) is 0 Å². The zero-order valence-electron chi connectivity index (χ0n) is 9.62. The van der Waals surface area contributed by atoms with Gasteiger partial charge in [0.25, 0.3) is 0 Å². The van der Waals surface area contributed by atoms with E-state index in [1.807, 2.05) is 0 Å². The zero-order valence-corrected chi connectivity index (χ0v) is 9.62. The molecule has 0 amide bonds. The molecule has 1 heterocycles. The average Bonchev–Trinajstić information content (AvgIpc) is 2.34. The molecule has 1 aromatic carbocycles. The maximum absolute atomic E-state index is 13.7. The van der Waals surface area contributed by atoms with Gasteiger partial charge in [-0.3, -0.25) is 4.98 Å². The predicted octanol–water partition coefficient (Wildman–Crippen LogP) is 2.81. The van der Waals surface area contributed by atoms with E-state index in [2.05, 4.69) is 10.3 Å². The second-order valence-corrected chi connectivity index (χ2v) is 3.79. The first-order valence-electron chi connectivity index (χ1n) is 5.35. The number of nitrogens with one attached hydrogen (secondary N) is 1. The van der Waals surface area contributed by atoms with E-state index in [1.54, 1.807) is 25.4 Å². The fourth-order valence-electron chi connectivity index (χ4n) is 1.85. The van der Waals surface area contributed by atoms with Gasteiger partial charge in [0.2, 0.25) is 0 Å². The molecule has 0 aliphatic carbocycles. The molecule has 0 radical (unpaired) electrons. The van der Waals surface area contributed by atoms with Crippen LogP contribution in [0.2, 0.25) is 0 Å². The van der Waals surface area contributed by atoms with Gasteiger partial charge in [0.15, 0.2) is 0 Å². The summed E-state index contributed by atoms with van der Waals surface area (Å²) in [6.07, 6.45) is 3.07. The third-order valence-electron chi connectivity index (χ3n) is 2.64. The highest BCUT2D eigenvalue weighted by molar-refractivity contribution is 5.32. The first-order chi connectivity index (χ1) is 8.63. The van der Waals surface area contributed by atoms with Gasteiger partial charge in [-0.15, -0.1) is 0 Å². The molecule has 0 spiro atoms. The summed E-state index contributed by atoms with van der Waals surface area (Å²) in [5.74, 6) is -2.78. The summed E-state index contributed by atoms with van der Waals surface area (Å²) in [5, 5.41) is 2.79. The SMILES string of the molecule is CNC(c1cccnc1)c1c(F)cc(F)cc1F. The summed E-state index contributed by atoms with van der Waals surface area (Å²) in [5.41, 5.74) is 0.385. The van der Waals surface area contributed by atoms with E-state index in [0.717, 1.165) is 0 Å². The van der Waals surface area contributed by atoms with Crippen LogP contribution in [0.5, 0.6) is 0 Å². The Morgan fingerprint density at radius 3 is 2.33 bits per heavy atom. The molecular formula is C13H11F3N2. The van der Waals surface area contributed by atoms with E-state index in [9.17, 15) is 13.2 Å². The summed E-state index contributed by atoms with van der Waals surface area (Å²) in [6, 6.07) is 3.98. The molecular weight excluding hydrogens is 241 g/mol. The Morgan fingerprint density at radius 2 is 1.83 bits per heavy atom. The normalized spacial score (nSPS) is 12.4. The minimum absolute atomic E-state index is 0.216. The van der Waals surface area contributed by atoms with Crippen molar-refractivity contribution in [1.82, 2.24) is 10.3 Å². The number of hydrogen-bond donors (Lipinski definition) is 1. The van der Waals surface area contributed by atoms with Gasteiger partial charge in [0, 0.05) is 30.1 Å². The second-order valence-electron chi connectivity index (χ2n) is 3.79. The Balaban J connectivity index is 2.52. The predicted molar refractivity (Wildman–Crippen MR) is 61.5 cm³/mol. The van der Waals surface area contributed by atoms with E-state index >= 15 is 0 Å². The first kappa shape index (κ1) is 12.6. The van der Waals surface area contributed by atoms with Crippen LogP contribution in [0.25, 0.3) is 0 Å². The van der Waals surface area contributed by atoms with Crippen molar-refractivity contribution in [2.75, 3.05) is 7.05 Å². The Bertz CT molecular complexity index is 520. The lowest BCUT2D eigenvalue weighted by atomic mass is 9.99. The van der Waals surface area contributed by atoms with Crippen molar-refractivity contribution in [3.63, 3.8) is 0 Å². The van der Waals surface area contributed by atoms with Crippen molar-refractivity contribution in [3.8, 4) is 0 Å². The molecule has 2 aromatic rings. The van der Waals surface area contributed by atoms with E-state index in [1.165, 1.54) is 6.20 Å². The maximum atomic E-state index is 13.7. The van der Waals surface area contributed by atoms with Crippen molar-refractivity contribution in [3.05, 3.63) is 65.2 Å². The minimum Gasteiger partial charge on any atom is -0.309 e. The molecule has 0 saturated carbocycles. The third-order valence-corrected chi connectivity index (χ3v) is 2.64. The van der Waals surface area contributed by atoms with Gasteiger partial charge in [-0.2, -0.15) is 0 Å². The number of rotatable bonds is 3. The lowest BCUT2D eigenvalue weighted by Crippen LogP contribution is -2.20.